The number of aryl methyl sites for hydroxylation is 2. The molecular weight excluding hydrogens is 566 g/mol. The monoisotopic (exact) mass is 609 g/mol. The Balaban J connectivity index is 0.00000384. The number of nitrogens with zero attached hydrogens (tertiary/aromatic N) is 7. The third-order valence-corrected chi connectivity index (χ3v) is 8.88. The standard InChI is InChI=1S/C36H43N7.ClH/c1-26-15-14-20-32(28(26)3)42-24-23-41(27(2)25-42)22-13-12-21-40(5)35-33-36(38-29(4)37-35)43(31-18-10-7-11-19-31)34(39-33)30-16-8-6-9-17-30;/h6-11,14-20,27H,12-13,21-25H2,1-5H3;1H/t27-;/m0./s1. The third-order valence-electron chi connectivity index (χ3n) is 8.88. The summed E-state index contributed by atoms with van der Waals surface area (Å²) in [5, 5.41) is 0. The van der Waals surface area contributed by atoms with Crippen LogP contribution in [0.2, 0.25) is 0 Å². The molecule has 0 radical (unpaired) electrons. The van der Waals surface area contributed by atoms with E-state index in [1.807, 2.05) is 19.1 Å². The molecule has 0 aliphatic carbocycles. The van der Waals surface area contributed by atoms with Crippen LogP contribution in [0.25, 0.3) is 28.2 Å². The lowest BCUT2D eigenvalue weighted by Crippen LogP contribution is -2.52. The van der Waals surface area contributed by atoms with Crippen LogP contribution in [0.15, 0.2) is 78.9 Å². The molecule has 1 aliphatic heterocycles. The molecule has 0 unspecified atom stereocenters. The first kappa shape index (κ1) is 31.5. The quantitative estimate of drug-likeness (QED) is 0.164. The fourth-order valence-electron chi connectivity index (χ4n) is 6.31. The molecule has 1 saturated heterocycles. The number of unbranched alkanes of at least 4 members (excludes halogenated alkanes) is 1. The lowest BCUT2D eigenvalue weighted by Gasteiger charge is -2.41. The summed E-state index contributed by atoms with van der Waals surface area (Å²) in [6, 6.07) is 27.9. The maximum Gasteiger partial charge on any atom is 0.170 e. The van der Waals surface area contributed by atoms with Crippen molar-refractivity contribution in [3.8, 4) is 17.1 Å². The summed E-state index contributed by atoms with van der Waals surface area (Å²) in [5.74, 6) is 2.52. The zero-order valence-electron chi connectivity index (χ0n) is 26.6. The molecule has 7 nitrogen and oxygen atoms in total. The van der Waals surface area contributed by atoms with Crippen molar-refractivity contribution in [1.29, 1.82) is 0 Å². The van der Waals surface area contributed by atoms with Gasteiger partial charge in [-0.15, -0.1) is 12.4 Å². The van der Waals surface area contributed by atoms with Crippen LogP contribution in [-0.4, -0.2) is 70.2 Å². The predicted molar refractivity (Wildman–Crippen MR) is 186 cm³/mol. The van der Waals surface area contributed by atoms with E-state index in [-0.39, 0.29) is 12.4 Å². The molecule has 230 valence electrons. The van der Waals surface area contributed by atoms with Gasteiger partial charge in [-0.2, -0.15) is 0 Å². The predicted octanol–water partition coefficient (Wildman–Crippen LogP) is 7.26. The van der Waals surface area contributed by atoms with Crippen LogP contribution in [0.1, 0.15) is 36.7 Å². The van der Waals surface area contributed by atoms with Crippen molar-refractivity contribution in [3.63, 3.8) is 0 Å². The van der Waals surface area contributed by atoms with Crippen molar-refractivity contribution in [1.82, 2.24) is 24.4 Å². The number of para-hydroxylation sites is 1. The van der Waals surface area contributed by atoms with Crippen molar-refractivity contribution in [2.75, 3.05) is 49.6 Å². The van der Waals surface area contributed by atoms with Gasteiger partial charge in [-0.3, -0.25) is 9.47 Å². The second kappa shape index (κ2) is 13.8. The van der Waals surface area contributed by atoms with E-state index >= 15 is 0 Å². The van der Waals surface area contributed by atoms with Gasteiger partial charge in [0.05, 0.1) is 0 Å². The number of benzene rings is 3. The van der Waals surface area contributed by atoms with Gasteiger partial charge in [0.25, 0.3) is 0 Å². The van der Waals surface area contributed by atoms with E-state index < -0.39 is 0 Å². The van der Waals surface area contributed by atoms with Crippen molar-refractivity contribution in [2.24, 2.45) is 0 Å². The second-order valence-electron chi connectivity index (χ2n) is 11.9. The minimum Gasteiger partial charge on any atom is -0.368 e. The first-order chi connectivity index (χ1) is 20.9. The van der Waals surface area contributed by atoms with Crippen molar-refractivity contribution in [3.05, 3.63) is 95.8 Å². The number of imidazole rings is 1. The van der Waals surface area contributed by atoms with E-state index in [9.17, 15) is 0 Å². The molecule has 3 aromatic carbocycles. The smallest absolute Gasteiger partial charge is 0.170 e. The maximum absolute atomic E-state index is 5.16. The van der Waals surface area contributed by atoms with Crippen LogP contribution >= 0.6 is 12.4 Å². The second-order valence-corrected chi connectivity index (χ2v) is 11.9. The zero-order valence-corrected chi connectivity index (χ0v) is 27.4. The highest BCUT2D eigenvalue weighted by atomic mass is 35.5. The summed E-state index contributed by atoms with van der Waals surface area (Å²) < 4.78 is 2.16. The fraction of sp³-hybridized carbons (Fsp3) is 0.361. The number of fused-ring (bicyclic) bond motifs is 1. The van der Waals surface area contributed by atoms with E-state index in [1.54, 1.807) is 0 Å². The van der Waals surface area contributed by atoms with Gasteiger partial charge < -0.3 is 9.80 Å². The number of aromatic nitrogens is 4. The number of halogens is 1. The van der Waals surface area contributed by atoms with E-state index in [1.165, 1.54) is 16.8 Å². The molecule has 1 aliphatic rings. The highest BCUT2D eigenvalue weighted by Crippen LogP contribution is 2.32. The Morgan fingerprint density at radius 2 is 1.55 bits per heavy atom. The molecule has 1 atom stereocenters. The number of hydrogen-bond donors (Lipinski definition) is 0. The Morgan fingerprint density at radius 1 is 0.818 bits per heavy atom. The Bertz CT molecular complexity index is 1690. The molecule has 0 N–H and O–H groups in total. The van der Waals surface area contributed by atoms with Gasteiger partial charge in [0, 0.05) is 56.2 Å². The zero-order chi connectivity index (χ0) is 29.9. The molecule has 0 amide bonds. The summed E-state index contributed by atoms with van der Waals surface area (Å²) in [6.07, 6.45) is 2.25. The number of piperazine rings is 1. The van der Waals surface area contributed by atoms with Gasteiger partial charge in [0.15, 0.2) is 17.0 Å². The summed E-state index contributed by atoms with van der Waals surface area (Å²) >= 11 is 0. The molecule has 0 spiro atoms. The Morgan fingerprint density at radius 3 is 2.27 bits per heavy atom. The lowest BCUT2D eigenvalue weighted by molar-refractivity contribution is 0.186. The summed E-state index contributed by atoms with van der Waals surface area (Å²) in [6.45, 7) is 14.1. The molecule has 3 heterocycles. The minimum atomic E-state index is 0. The molecule has 5 aromatic rings. The van der Waals surface area contributed by atoms with Crippen molar-refractivity contribution < 1.29 is 0 Å². The minimum absolute atomic E-state index is 0. The first-order valence-corrected chi connectivity index (χ1v) is 15.5. The SMILES string of the molecule is Cc1nc(N(C)CCCCN2CCN(c3cccc(C)c3C)C[C@@H]2C)c2nc(-c3ccccc3)n(-c3ccccc3)c2n1.Cl. The van der Waals surface area contributed by atoms with Crippen LogP contribution in [0.4, 0.5) is 11.5 Å². The molecule has 6 rings (SSSR count). The molecule has 0 saturated carbocycles. The Kier molecular flexibility index (Phi) is 9.87. The molecule has 2 aromatic heterocycles. The average molecular weight is 610 g/mol. The summed E-state index contributed by atoms with van der Waals surface area (Å²) in [7, 11) is 2.14. The third kappa shape index (κ3) is 6.44. The molecule has 8 heteroatoms. The fourth-order valence-corrected chi connectivity index (χ4v) is 6.31. The first-order valence-electron chi connectivity index (χ1n) is 15.5. The molecular formula is C36H44ClN7. The number of hydrogen-bond acceptors (Lipinski definition) is 6. The van der Waals surface area contributed by atoms with Crippen LogP contribution in [0.3, 0.4) is 0 Å². The van der Waals surface area contributed by atoms with Crippen LogP contribution in [-0.2, 0) is 0 Å². The van der Waals surface area contributed by atoms with E-state index in [4.69, 9.17) is 15.0 Å². The van der Waals surface area contributed by atoms with Gasteiger partial charge in [0.1, 0.15) is 11.6 Å². The van der Waals surface area contributed by atoms with Crippen LogP contribution < -0.4 is 9.80 Å². The van der Waals surface area contributed by atoms with Crippen LogP contribution in [0, 0.1) is 20.8 Å². The van der Waals surface area contributed by atoms with Gasteiger partial charge in [-0.1, -0.05) is 60.7 Å². The normalized spacial score (nSPS) is 15.4. The molecule has 0 bridgehead atoms. The van der Waals surface area contributed by atoms with E-state index in [0.717, 1.165) is 85.4 Å². The van der Waals surface area contributed by atoms with Gasteiger partial charge in [-0.05, 0) is 76.4 Å². The number of anilines is 2. The largest absolute Gasteiger partial charge is 0.368 e. The van der Waals surface area contributed by atoms with Gasteiger partial charge >= 0.3 is 0 Å². The highest BCUT2D eigenvalue weighted by molar-refractivity contribution is 5.88. The molecule has 1 fully saturated rings. The summed E-state index contributed by atoms with van der Waals surface area (Å²) in [4.78, 5) is 22.4. The molecule has 44 heavy (non-hydrogen) atoms. The van der Waals surface area contributed by atoms with Crippen LogP contribution in [0.5, 0.6) is 0 Å². The Hall–Kier alpha value is -3.94. The summed E-state index contributed by atoms with van der Waals surface area (Å²) in [5.41, 5.74) is 7.96. The van der Waals surface area contributed by atoms with Crippen molar-refractivity contribution in [2.45, 2.75) is 46.6 Å². The Labute approximate surface area is 268 Å². The average Bonchev–Trinajstić information content (AvgIpc) is 3.41. The van der Waals surface area contributed by atoms with E-state index in [0.29, 0.717) is 6.04 Å². The van der Waals surface area contributed by atoms with E-state index in [2.05, 4.69) is 114 Å². The van der Waals surface area contributed by atoms with Crippen molar-refractivity contribution >= 4 is 35.1 Å². The number of rotatable bonds is 9. The van der Waals surface area contributed by atoms with Gasteiger partial charge in [0.2, 0.25) is 0 Å². The maximum atomic E-state index is 5.16. The lowest BCUT2D eigenvalue weighted by atomic mass is 10.1. The van der Waals surface area contributed by atoms with Gasteiger partial charge in [-0.25, -0.2) is 15.0 Å². The topological polar surface area (TPSA) is 53.3 Å². The highest BCUT2D eigenvalue weighted by Gasteiger charge is 2.25.